The van der Waals surface area contributed by atoms with Gasteiger partial charge in [-0.1, -0.05) is 36.0 Å². The topological polar surface area (TPSA) is 46.5 Å². The van der Waals surface area contributed by atoms with Crippen molar-refractivity contribution in [3.8, 4) is 5.75 Å². The number of carboxylic acid groups (broad SMARTS) is 1. The summed E-state index contributed by atoms with van der Waals surface area (Å²) in [7, 11) is 1.63. The highest BCUT2D eigenvalue weighted by Crippen LogP contribution is 2.23. The van der Waals surface area contributed by atoms with Crippen molar-refractivity contribution in [2.75, 3.05) is 7.11 Å². The number of ether oxygens (including phenoxy) is 1. The Balaban J connectivity index is 2.08. The second-order valence-electron chi connectivity index (χ2n) is 4.12. The quantitative estimate of drug-likeness (QED) is 0.660. The van der Waals surface area contributed by atoms with Gasteiger partial charge in [-0.3, -0.25) is 0 Å². The van der Waals surface area contributed by atoms with Crippen LogP contribution in [-0.4, -0.2) is 18.2 Å². The van der Waals surface area contributed by atoms with Gasteiger partial charge in [0.2, 0.25) is 0 Å². The number of hydrogen-bond donors (Lipinski definition) is 1. The molecule has 0 aliphatic rings. The Labute approximate surface area is 127 Å². The molecular weight excluding hydrogens is 284 g/mol. The standard InChI is InChI=1S/C17H14O3S/c1-20-14-10-8-13(9-11-14)5-4-12-21-16-7-3-2-6-15(16)17(18)19/h2-3,5-12H,1H3,(H,18,19). The number of methoxy groups -OCH3 is 1. The molecule has 0 aliphatic heterocycles. The molecule has 106 valence electrons. The van der Waals surface area contributed by atoms with E-state index in [-0.39, 0.29) is 0 Å². The highest BCUT2D eigenvalue weighted by atomic mass is 32.2. The SMILES string of the molecule is COc1ccc(C=C=CSc2ccccc2C(=O)O)cc1. The summed E-state index contributed by atoms with van der Waals surface area (Å²) in [6.07, 6.45) is 1.83. The van der Waals surface area contributed by atoms with Gasteiger partial charge in [-0.05, 0) is 35.9 Å². The fourth-order valence-corrected chi connectivity index (χ4v) is 2.38. The van der Waals surface area contributed by atoms with E-state index in [1.54, 1.807) is 30.7 Å². The minimum atomic E-state index is -0.925. The Hall–Kier alpha value is -2.42. The van der Waals surface area contributed by atoms with Gasteiger partial charge < -0.3 is 9.84 Å². The van der Waals surface area contributed by atoms with Crippen LogP contribution in [0.2, 0.25) is 0 Å². The molecule has 2 rings (SSSR count). The minimum Gasteiger partial charge on any atom is -0.497 e. The molecule has 0 saturated heterocycles. The largest absolute Gasteiger partial charge is 0.497 e. The molecule has 0 amide bonds. The van der Waals surface area contributed by atoms with Crippen molar-refractivity contribution in [1.82, 2.24) is 0 Å². The van der Waals surface area contributed by atoms with E-state index >= 15 is 0 Å². The molecular formula is C17H14O3S. The number of rotatable bonds is 5. The van der Waals surface area contributed by atoms with Crippen LogP contribution in [0.15, 0.2) is 64.6 Å². The van der Waals surface area contributed by atoms with E-state index in [1.807, 2.05) is 36.4 Å². The number of aromatic carboxylic acids is 1. The van der Waals surface area contributed by atoms with E-state index in [1.165, 1.54) is 11.8 Å². The van der Waals surface area contributed by atoms with Crippen LogP contribution < -0.4 is 4.74 Å². The van der Waals surface area contributed by atoms with E-state index in [4.69, 9.17) is 9.84 Å². The Kier molecular flexibility index (Phi) is 5.27. The maximum absolute atomic E-state index is 11.1. The van der Waals surface area contributed by atoms with E-state index in [9.17, 15) is 4.79 Å². The van der Waals surface area contributed by atoms with Crippen molar-refractivity contribution in [3.05, 3.63) is 70.8 Å². The molecule has 0 bridgehead atoms. The maximum Gasteiger partial charge on any atom is 0.336 e. The summed E-state index contributed by atoms with van der Waals surface area (Å²) in [5.41, 5.74) is 4.33. The highest BCUT2D eigenvalue weighted by Gasteiger charge is 2.07. The molecule has 0 unspecified atom stereocenters. The smallest absolute Gasteiger partial charge is 0.336 e. The van der Waals surface area contributed by atoms with Crippen molar-refractivity contribution in [3.63, 3.8) is 0 Å². The molecule has 21 heavy (non-hydrogen) atoms. The highest BCUT2D eigenvalue weighted by molar-refractivity contribution is 8.02. The predicted octanol–water partition coefficient (Wildman–Crippen LogP) is 4.31. The first-order chi connectivity index (χ1) is 10.2. The number of carbonyl (C=O) groups is 1. The summed E-state index contributed by atoms with van der Waals surface area (Å²) in [5, 5.41) is 10.8. The summed E-state index contributed by atoms with van der Waals surface area (Å²) in [6.45, 7) is 0. The molecule has 3 nitrogen and oxygen atoms in total. The van der Waals surface area contributed by atoms with Crippen LogP contribution in [-0.2, 0) is 0 Å². The maximum atomic E-state index is 11.1. The van der Waals surface area contributed by atoms with Gasteiger partial charge in [0, 0.05) is 10.3 Å². The summed E-state index contributed by atoms with van der Waals surface area (Å²) in [6, 6.07) is 14.5. The molecule has 0 spiro atoms. The van der Waals surface area contributed by atoms with Crippen LogP contribution >= 0.6 is 11.8 Å². The molecule has 0 saturated carbocycles. The molecule has 2 aromatic rings. The van der Waals surface area contributed by atoms with E-state index < -0.39 is 5.97 Å². The van der Waals surface area contributed by atoms with Crippen LogP contribution in [0.5, 0.6) is 5.75 Å². The van der Waals surface area contributed by atoms with Gasteiger partial charge in [0.25, 0.3) is 0 Å². The molecule has 4 heteroatoms. The summed E-state index contributed by atoms with van der Waals surface area (Å²) in [5.74, 6) is -0.119. The molecule has 0 atom stereocenters. The third-order valence-electron chi connectivity index (χ3n) is 2.74. The number of hydrogen-bond acceptors (Lipinski definition) is 3. The predicted molar refractivity (Wildman–Crippen MR) is 84.8 cm³/mol. The van der Waals surface area contributed by atoms with Crippen LogP contribution in [0.25, 0.3) is 6.08 Å². The lowest BCUT2D eigenvalue weighted by molar-refractivity contribution is 0.0693. The summed E-state index contributed by atoms with van der Waals surface area (Å²) in [4.78, 5) is 11.8. The van der Waals surface area contributed by atoms with E-state index in [0.29, 0.717) is 10.5 Å². The number of thioether (sulfide) groups is 1. The molecule has 0 fully saturated rings. The van der Waals surface area contributed by atoms with Gasteiger partial charge in [0.15, 0.2) is 0 Å². The van der Waals surface area contributed by atoms with Crippen molar-refractivity contribution < 1.29 is 14.6 Å². The van der Waals surface area contributed by atoms with Gasteiger partial charge in [0.1, 0.15) is 5.75 Å². The Morgan fingerprint density at radius 1 is 1.19 bits per heavy atom. The van der Waals surface area contributed by atoms with Gasteiger partial charge in [-0.15, -0.1) is 5.73 Å². The third-order valence-corrected chi connectivity index (χ3v) is 3.60. The molecule has 0 aliphatic carbocycles. The third kappa shape index (κ3) is 4.28. The van der Waals surface area contributed by atoms with Crippen molar-refractivity contribution in [2.45, 2.75) is 4.90 Å². The summed E-state index contributed by atoms with van der Waals surface area (Å²) >= 11 is 1.33. The lowest BCUT2D eigenvalue weighted by Crippen LogP contribution is -1.97. The average molecular weight is 298 g/mol. The zero-order valence-corrected chi connectivity index (χ0v) is 12.3. The Morgan fingerprint density at radius 3 is 2.57 bits per heavy atom. The number of benzene rings is 2. The zero-order valence-electron chi connectivity index (χ0n) is 11.4. The van der Waals surface area contributed by atoms with Crippen molar-refractivity contribution in [1.29, 1.82) is 0 Å². The van der Waals surface area contributed by atoms with Crippen LogP contribution in [0.3, 0.4) is 0 Å². The Bertz CT molecular complexity index is 683. The first-order valence-corrected chi connectivity index (χ1v) is 7.12. The van der Waals surface area contributed by atoms with Gasteiger partial charge in [-0.25, -0.2) is 4.79 Å². The van der Waals surface area contributed by atoms with Crippen LogP contribution in [0, 0.1) is 0 Å². The fourth-order valence-electron chi connectivity index (χ4n) is 1.67. The van der Waals surface area contributed by atoms with E-state index in [2.05, 4.69) is 5.73 Å². The van der Waals surface area contributed by atoms with Gasteiger partial charge >= 0.3 is 5.97 Å². The summed E-state index contributed by atoms with van der Waals surface area (Å²) < 4.78 is 5.09. The van der Waals surface area contributed by atoms with Crippen LogP contribution in [0.4, 0.5) is 0 Å². The Morgan fingerprint density at radius 2 is 1.90 bits per heavy atom. The molecule has 1 N–H and O–H groups in total. The molecule has 2 aromatic carbocycles. The average Bonchev–Trinajstić information content (AvgIpc) is 2.52. The number of carboxylic acids is 1. The molecule has 0 aromatic heterocycles. The lowest BCUT2D eigenvalue weighted by atomic mass is 10.2. The second-order valence-corrected chi connectivity index (χ2v) is 5.03. The molecule has 0 radical (unpaired) electrons. The lowest BCUT2D eigenvalue weighted by Gasteiger charge is -2.00. The molecule has 0 heterocycles. The first-order valence-electron chi connectivity index (χ1n) is 6.24. The zero-order chi connectivity index (χ0) is 15.1. The van der Waals surface area contributed by atoms with Crippen molar-refractivity contribution >= 4 is 23.8 Å². The van der Waals surface area contributed by atoms with Crippen molar-refractivity contribution in [2.24, 2.45) is 0 Å². The van der Waals surface area contributed by atoms with Gasteiger partial charge in [0.05, 0.1) is 12.7 Å². The second kappa shape index (κ2) is 7.39. The van der Waals surface area contributed by atoms with E-state index in [0.717, 1.165) is 11.3 Å². The fraction of sp³-hybridized carbons (Fsp3) is 0.0588. The first kappa shape index (κ1) is 15.0. The van der Waals surface area contributed by atoms with Crippen LogP contribution in [0.1, 0.15) is 15.9 Å². The minimum absolute atomic E-state index is 0.296. The normalized spacial score (nSPS) is 9.57. The monoisotopic (exact) mass is 298 g/mol. The van der Waals surface area contributed by atoms with Gasteiger partial charge in [-0.2, -0.15) is 0 Å².